The van der Waals surface area contributed by atoms with E-state index in [4.69, 9.17) is 10.5 Å². The molecule has 2 N–H and O–H groups in total. The molecule has 0 unspecified atom stereocenters. The molecule has 2 aromatic rings. The van der Waals surface area contributed by atoms with E-state index in [1.54, 1.807) is 18.5 Å². The van der Waals surface area contributed by atoms with Crippen molar-refractivity contribution in [1.29, 1.82) is 0 Å². The average molecular weight is 192 g/mol. The lowest BCUT2D eigenvalue weighted by molar-refractivity contribution is 0.379. The number of nitrogens with two attached hydrogens (primary N) is 1. The van der Waals surface area contributed by atoms with Crippen LogP contribution in [0.1, 0.15) is 0 Å². The third kappa shape index (κ3) is 1.35. The Hall–Kier alpha value is -2.18. The molecular formula is C7H8N6O. The number of nitrogens with zero attached hydrogens (tertiary/aromatic N) is 5. The van der Waals surface area contributed by atoms with Gasteiger partial charge in [0.2, 0.25) is 5.95 Å². The molecule has 0 amide bonds. The Labute approximate surface area is 79.6 Å². The van der Waals surface area contributed by atoms with Crippen LogP contribution in [0.2, 0.25) is 0 Å². The Bertz CT molecular complexity index is 425. The number of methoxy groups -OCH3 is 1. The quantitative estimate of drug-likeness (QED) is 0.699. The van der Waals surface area contributed by atoms with E-state index in [1.165, 1.54) is 11.8 Å². The van der Waals surface area contributed by atoms with Gasteiger partial charge in [-0.25, -0.2) is 9.97 Å². The number of anilines is 1. The van der Waals surface area contributed by atoms with Gasteiger partial charge in [0.25, 0.3) is 5.95 Å². The van der Waals surface area contributed by atoms with Crippen molar-refractivity contribution in [2.45, 2.75) is 0 Å². The zero-order valence-electron chi connectivity index (χ0n) is 7.45. The number of nitrogen functional groups attached to an aromatic ring is 1. The van der Waals surface area contributed by atoms with E-state index in [0.717, 1.165) is 0 Å². The third-order valence-electron chi connectivity index (χ3n) is 1.54. The second-order valence-electron chi connectivity index (χ2n) is 2.42. The summed E-state index contributed by atoms with van der Waals surface area (Å²) in [6, 6.07) is 1.89. The summed E-state index contributed by atoms with van der Waals surface area (Å²) in [5, 5.41) is 3.93. The number of hydrogen-bond acceptors (Lipinski definition) is 6. The summed E-state index contributed by atoms with van der Waals surface area (Å²) in [5.74, 6) is 0.550. The van der Waals surface area contributed by atoms with Crippen LogP contribution in [0.5, 0.6) is 6.01 Å². The first-order valence-electron chi connectivity index (χ1n) is 3.85. The van der Waals surface area contributed by atoms with Crippen molar-refractivity contribution in [1.82, 2.24) is 24.7 Å². The molecule has 0 aliphatic carbocycles. The first kappa shape index (κ1) is 8.42. The van der Waals surface area contributed by atoms with E-state index in [1.807, 2.05) is 0 Å². The molecular weight excluding hydrogens is 184 g/mol. The molecule has 0 aromatic carbocycles. The van der Waals surface area contributed by atoms with Gasteiger partial charge in [-0.1, -0.05) is 0 Å². The van der Waals surface area contributed by atoms with Crippen molar-refractivity contribution < 1.29 is 4.74 Å². The topological polar surface area (TPSA) is 91.7 Å². The summed E-state index contributed by atoms with van der Waals surface area (Å²) < 4.78 is 6.12. The molecule has 7 nitrogen and oxygen atoms in total. The summed E-state index contributed by atoms with van der Waals surface area (Å²) >= 11 is 0. The van der Waals surface area contributed by atoms with Crippen LogP contribution in [0.4, 0.5) is 5.95 Å². The standard InChI is InChI=1S/C7H8N6O/c1-14-7-11-5(8)13(12-7)6-9-3-2-4-10-6/h2-4H,1H3,(H2,8,11,12). The summed E-state index contributed by atoms with van der Waals surface area (Å²) in [7, 11) is 1.46. The van der Waals surface area contributed by atoms with Crippen molar-refractivity contribution in [3.8, 4) is 12.0 Å². The van der Waals surface area contributed by atoms with Crippen LogP contribution in [0.3, 0.4) is 0 Å². The summed E-state index contributed by atoms with van der Waals surface area (Å²) in [6.45, 7) is 0. The van der Waals surface area contributed by atoms with Gasteiger partial charge in [0.1, 0.15) is 0 Å². The fourth-order valence-electron chi connectivity index (χ4n) is 0.939. The second kappa shape index (κ2) is 3.29. The van der Waals surface area contributed by atoms with Gasteiger partial charge in [-0.2, -0.15) is 9.67 Å². The number of hydrogen-bond donors (Lipinski definition) is 1. The zero-order valence-corrected chi connectivity index (χ0v) is 7.45. The molecule has 0 saturated carbocycles. The molecule has 2 aromatic heterocycles. The number of aromatic nitrogens is 5. The first-order valence-corrected chi connectivity index (χ1v) is 3.85. The molecule has 2 rings (SSSR count). The van der Waals surface area contributed by atoms with E-state index in [0.29, 0.717) is 5.95 Å². The maximum Gasteiger partial charge on any atom is 0.337 e. The molecule has 7 heteroatoms. The lowest BCUT2D eigenvalue weighted by Crippen LogP contribution is -2.06. The van der Waals surface area contributed by atoms with Crippen LogP contribution >= 0.6 is 0 Å². The average Bonchev–Trinajstić information content (AvgIpc) is 2.61. The molecule has 0 atom stereocenters. The maximum absolute atomic E-state index is 5.58. The van der Waals surface area contributed by atoms with Crippen molar-refractivity contribution >= 4 is 5.95 Å². The summed E-state index contributed by atoms with van der Waals surface area (Å²) in [4.78, 5) is 11.8. The van der Waals surface area contributed by atoms with Crippen LogP contribution in [0.15, 0.2) is 18.5 Å². The second-order valence-corrected chi connectivity index (χ2v) is 2.42. The Kier molecular flexibility index (Phi) is 1.98. The Morgan fingerprint density at radius 2 is 2.07 bits per heavy atom. The zero-order chi connectivity index (χ0) is 9.97. The Morgan fingerprint density at radius 3 is 2.64 bits per heavy atom. The van der Waals surface area contributed by atoms with E-state index in [-0.39, 0.29) is 12.0 Å². The van der Waals surface area contributed by atoms with E-state index < -0.39 is 0 Å². The van der Waals surface area contributed by atoms with Gasteiger partial charge in [0, 0.05) is 12.4 Å². The molecule has 0 fully saturated rings. The Balaban J connectivity index is 2.46. The summed E-state index contributed by atoms with van der Waals surface area (Å²) in [6.07, 6.45) is 3.19. The fourth-order valence-corrected chi connectivity index (χ4v) is 0.939. The Morgan fingerprint density at radius 1 is 1.36 bits per heavy atom. The van der Waals surface area contributed by atoms with Crippen LogP contribution in [0, 0.1) is 0 Å². The molecule has 2 heterocycles. The smallest absolute Gasteiger partial charge is 0.337 e. The van der Waals surface area contributed by atoms with Crippen LogP contribution < -0.4 is 10.5 Å². The van der Waals surface area contributed by atoms with Crippen molar-refractivity contribution in [2.75, 3.05) is 12.8 Å². The van der Waals surface area contributed by atoms with Crippen LogP contribution in [-0.4, -0.2) is 31.8 Å². The van der Waals surface area contributed by atoms with Gasteiger partial charge < -0.3 is 10.5 Å². The van der Waals surface area contributed by atoms with E-state index in [2.05, 4.69) is 20.1 Å². The van der Waals surface area contributed by atoms with Crippen molar-refractivity contribution in [3.05, 3.63) is 18.5 Å². The van der Waals surface area contributed by atoms with Gasteiger partial charge in [0.05, 0.1) is 7.11 Å². The monoisotopic (exact) mass is 192 g/mol. The molecule has 0 bridgehead atoms. The van der Waals surface area contributed by atoms with Gasteiger partial charge >= 0.3 is 6.01 Å². The molecule has 0 spiro atoms. The number of rotatable bonds is 2. The highest BCUT2D eigenvalue weighted by Crippen LogP contribution is 2.09. The minimum Gasteiger partial charge on any atom is -0.466 e. The lowest BCUT2D eigenvalue weighted by atomic mass is 10.7. The highest BCUT2D eigenvalue weighted by atomic mass is 16.5. The van der Waals surface area contributed by atoms with Gasteiger partial charge in [0.15, 0.2) is 0 Å². The third-order valence-corrected chi connectivity index (χ3v) is 1.54. The molecule has 14 heavy (non-hydrogen) atoms. The lowest BCUT2D eigenvalue weighted by Gasteiger charge is -1.97. The van der Waals surface area contributed by atoms with Crippen LogP contribution in [0.25, 0.3) is 5.95 Å². The maximum atomic E-state index is 5.58. The fraction of sp³-hybridized carbons (Fsp3) is 0.143. The number of ether oxygens (including phenoxy) is 1. The largest absolute Gasteiger partial charge is 0.466 e. The van der Waals surface area contributed by atoms with E-state index in [9.17, 15) is 0 Å². The SMILES string of the molecule is COc1nc(N)n(-c2ncccn2)n1. The van der Waals surface area contributed by atoms with Gasteiger partial charge in [-0.05, 0) is 6.07 Å². The predicted molar refractivity (Wildman–Crippen MR) is 47.9 cm³/mol. The summed E-state index contributed by atoms with van der Waals surface area (Å²) in [5.41, 5.74) is 5.58. The van der Waals surface area contributed by atoms with Gasteiger partial charge in [-0.3, -0.25) is 0 Å². The van der Waals surface area contributed by atoms with Crippen molar-refractivity contribution in [2.24, 2.45) is 0 Å². The van der Waals surface area contributed by atoms with Crippen LogP contribution in [-0.2, 0) is 0 Å². The highest BCUT2D eigenvalue weighted by molar-refractivity contribution is 5.27. The molecule has 0 radical (unpaired) electrons. The predicted octanol–water partition coefficient (Wildman–Crippen LogP) is -0.352. The molecule has 0 aliphatic rings. The molecule has 0 saturated heterocycles. The van der Waals surface area contributed by atoms with Gasteiger partial charge in [-0.15, -0.1) is 5.10 Å². The van der Waals surface area contributed by atoms with Crippen molar-refractivity contribution in [3.63, 3.8) is 0 Å². The molecule has 0 aliphatic heterocycles. The minimum atomic E-state index is 0.188. The normalized spacial score (nSPS) is 10.1. The van der Waals surface area contributed by atoms with E-state index >= 15 is 0 Å². The first-order chi connectivity index (χ1) is 6.81. The molecule has 72 valence electrons. The highest BCUT2D eigenvalue weighted by Gasteiger charge is 2.09. The minimum absolute atomic E-state index is 0.188.